The highest BCUT2D eigenvalue weighted by Crippen LogP contribution is 2.27. The van der Waals surface area contributed by atoms with E-state index in [4.69, 9.17) is 19.7 Å². The SMILES string of the molecule is COc1ccc2cc(CC#N)c(N3CCOCC3)nc2c1. The zero-order valence-corrected chi connectivity index (χ0v) is 12.0. The number of rotatable bonds is 3. The lowest BCUT2D eigenvalue weighted by molar-refractivity contribution is 0.122. The van der Waals surface area contributed by atoms with Gasteiger partial charge in [-0.1, -0.05) is 0 Å². The zero-order chi connectivity index (χ0) is 14.7. The zero-order valence-electron chi connectivity index (χ0n) is 12.0. The Morgan fingerprint density at radius 2 is 2.14 bits per heavy atom. The molecule has 3 rings (SSSR count). The van der Waals surface area contributed by atoms with E-state index < -0.39 is 0 Å². The van der Waals surface area contributed by atoms with Gasteiger partial charge in [-0.05, 0) is 18.2 Å². The van der Waals surface area contributed by atoms with Crippen LogP contribution in [0.4, 0.5) is 5.82 Å². The molecule has 0 spiro atoms. The number of aromatic nitrogens is 1. The van der Waals surface area contributed by atoms with E-state index in [2.05, 4.69) is 17.0 Å². The van der Waals surface area contributed by atoms with Gasteiger partial charge in [0, 0.05) is 30.1 Å². The Kier molecular flexibility index (Phi) is 3.89. The average molecular weight is 283 g/mol. The molecule has 5 heteroatoms. The van der Waals surface area contributed by atoms with Crippen molar-refractivity contribution in [1.29, 1.82) is 5.26 Å². The molecule has 0 aliphatic carbocycles. The maximum atomic E-state index is 9.06. The molecule has 5 nitrogen and oxygen atoms in total. The Hall–Kier alpha value is -2.32. The first kappa shape index (κ1) is 13.7. The van der Waals surface area contributed by atoms with Crippen molar-refractivity contribution in [3.05, 3.63) is 29.8 Å². The van der Waals surface area contributed by atoms with E-state index in [1.807, 2.05) is 18.2 Å². The molecule has 1 saturated heterocycles. The van der Waals surface area contributed by atoms with Crippen LogP contribution < -0.4 is 9.64 Å². The summed E-state index contributed by atoms with van der Waals surface area (Å²) >= 11 is 0. The number of morpholine rings is 1. The Labute approximate surface area is 123 Å². The van der Waals surface area contributed by atoms with Crippen LogP contribution >= 0.6 is 0 Å². The monoisotopic (exact) mass is 283 g/mol. The third-order valence-corrected chi connectivity index (χ3v) is 3.66. The van der Waals surface area contributed by atoms with Gasteiger partial charge < -0.3 is 14.4 Å². The minimum absolute atomic E-state index is 0.363. The standard InChI is InChI=1S/C16H17N3O2/c1-20-14-3-2-12-10-13(4-5-17)16(18-15(12)11-14)19-6-8-21-9-7-19/h2-3,10-11H,4,6-9H2,1H3. The maximum absolute atomic E-state index is 9.06. The highest BCUT2D eigenvalue weighted by Gasteiger charge is 2.17. The molecule has 0 bridgehead atoms. The summed E-state index contributed by atoms with van der Waals surface area (Å²) in [5.74, 6) is 1.68. The van der Waals surface area contributed by atoms with Gasteiger partial charge in [0.15, 0.2) is 0 Å². The predicted molar refractivity (Wildman–Crippen MR) is 80.6 cm³/mol. The van der Waals surface area contributed by atoms with Gasteiger partial charge in [-0.3, -0.25) is 0 Å². The second-order valence-electron chi connectivity index (χ2n) is 4.96. The molecule has 108 valence electrons. The van der Waals surface area contributed by atoms with E-state index in [-0.39, 0.29) is 0 Å². The molecule has 0 saturated carbocycles. The van der Waals surface area contributed by atoms with E-state index in [9.17, 15) is 0 Å². The van der Waals surface area contributed by atoms with Gasteiger partial charge in [-0.25, -0.2) is 4.98 Å². The Balaban J connectivity index is 2.09. The normalized spacial score (nSPS) is 15.0. The van der Waals surface area contributed by atoms with Crippen LogP contribution in [0.25, 0.3) is 10.9 Å². The molecule has 0 radical (unpaired) electrons. The van der Waals surface area contributed by atoms with Gasteiger partial charge >= 0.3 is 0 Å². The number of anilines is 1. The van der Waals surface area contributed by atoms with Crippen molar-refractivity contribution in [2.45, 2.75) is 6.42 Å². The number of nitrogens with zero attached hydrogens (tertiary/aromatic N) is 3. The molecule has 0 amide bonds. The maximum Gasteiger partial charge on any atom is 0.133 e. The first-order valence-electron chi connectivity index (χ1n) is 6.99. The van der Waals surface area contributed by atoms with Crippen LogP contribution in [-0.2, 0) is 11.2 Å². The van der Waals surface area contributed by atoms with E-state index >= 15 is 0 Å². The molecule has 0 N–H and O–H groups in total. The molecule has 21 heavy (non-hydrogen) atoms. The third kappa shape index (κ3) is 2.76. The lowest BCUT2D eigenvalue weighted by atomic mass is 10.1. The van der Waals surface area contributed by atoms with Gasteiger partial charge in [-0.15, -0.1) is 0 Å². The Bertz CT molecular complexity index is 688. The van der Waals surface area contributed by atoms with E-state index in [1.54, 1.807) is 7.11 Å². The summed E-state index contributed by atoms with van der Waals surface area (Å²) in [7, 11) is 1.65. The van der Waals surface area contributed by atoms with Crippen LogP contribution in [-0.4, -0.2) is 38.4 Å². The number of pyridine rings is 1. The van der Waals surface area contributed by atoms with Crippen molar-refractivity contribution >= 4 is 16.7 Å². The molecular weight excluding hydrogens is 266 g/mol. The van der Waals surface area contributed by atoms with Gasteiger partial charge in [0.2, 0.25) is 0 Å². The van der Waals surface area contributed by atoms with Crippen LogP contribution in [0.3, 0.4) is 0 Å². The average Bonchev–Trinajstić information content (AvgIpc) is 2.55. The number of fused-ring (bicyclic) bond motifs is 1. The van der Waals surface area contributed by atoms with E-state index in [0.29, 0.717) is 19.6 Å². The second kappa shape index (κ2) is 5.98. The van der Waals surface area contributed by atoms with E-state index in [0.717, 1.165) is 41.1 Å². The van der Waals surface area contributed by atoms with Gasteiger partial charge in [0.05, 0.1) is 38.3 Å². The van der Waals surface area contributed by atoms with Crippen molar-refractivity contribution in [1.82, 2.24) is 4.98 Å². The van der Waals surface area contributed by atoms with Crippen LogP contribution in [0.15, 0.2) is 24.3 Å². The smallest absolute Gasteiger partial charge is 0.133 e. The number of ether oxygens (including phenoxy) is 2. The molecule has 0 atom stereocenters. The second-order valence-corrected chi connectivity index (χ2v) is 4.96. The number of hydrogen-bond donors (Lipinski definition) is 0. The minimum Gasteiger partial charge on any atom is -0.497 e. The lowest BCUT2D eigenvalue weighted by Gasteiger charge is -2.29. The minimum atomic E-state index is 0.363. The van der Waals surface area contributed by atoms with Crippen molar-refractivity contribution in [2.24, 2.45) is 0 Å². The molecule has 1 aliphatic rings. The quantitative estimate of drug-likeness (QED) is 0.863. The highest BCUT2D eigenvalue weighted by atomic mass is 16.5. The molecule has 1 aromatic carbocycles. The summed E-state index contributed by atoms with van der Waals surface area (Å²) in [5, 5.41) is 10.1. The van der Waals surface area contributed by atoms with Crippen molar-refractivity contribution in [2.75, 3.05) is 38.3 Å². The molecule has 2 heterocycles. The molecule has 1 aliphatic heterocycles. The first-order valence-corrected chi connectivity index (χ1v) is 6.99. The highest BCUT2D eigenvalue weighted by molar-refractivity contribution is 5.83. The Morgan fingerprint density at radius 1 is 1.33 bits per heavy atom. The molecular formula is C16H17N3O2. The molecule has 1 aromatic heterocycles. The van der Waals surface area contributed by atoms with Crippen LogP contribution in [0, 0.1) is 11.3 Å². The van der Waals surface area contributed by atoms with Crippen LogP contribution in [0.5, 0.6) is 5.75 Å². The van der Waals surface area contributed by atoms with Crippen molar-refractivity contribution in [3.8, 4) is 11.8 Å². The topological polar surface area (TPSA) is 58.4 Å². The number of methoxy groups -OCH3 is 1. The molecule has 1 fully saturated rings. The summed E-state index contributed by atoms with van der Waals surface area (Å²) < 4.78 is 10.7. The van der Waals surface area contributed by atoms with Gasteiger partial charge in [0.25, 0.3) is 0 Å². The van der Waals surface area contributed by atoms with E-state index in [1.165, 1.54) is 0 Å². The fourth-order valence-corrected chi connectivity index (χ4v) is 2.57. The summed E-state index contributed by atoms with van der Waals surface area (Å²) in [6.07, 6.45) is 0.363. The van der Waals surface area contributed by atoms with Crippen molar-refractivity contribution < 1.29 is 9.47 Å². The number of benzene rings is 1. The van der Waals surface area contributed by atoms with Gasteiger partial charge in [0.1, 0.15) is 11.6 Å². The predicted octanol–water partition coefficient (Wildman–Crippen LogP) is 2.15. The summed E-state index contributed by atoms with van der Waals surface area (Å²) in [5.41, 5.74) is 1.86. The molecule has 0 unspecified atom stereocenters. The lowest BCUT2D eigenvalue weighted by Crippen LogP contribution is -2.37. The van der Waals surface area contributed by atoms with Crippen LogP contribution in [0.1, 0.15) is 5.56 Å². The summed E-state index contributed by atoms with van der Waals surface area (Å²) in [6.45, 7) is 3.01. The number of nitriles is 1. The van der Waals surface area contributed by atoms with Crippen LogP contribution in [0.2, 0.25) is 0 Å². The summed E-state index contributed by atoms with van der Waals surface area (Å²) in [6, 6.07) is 10.1. The largest absolute Gasteiger partial charge is 0.497 e. The fourth-order valence-electron chi connectivity index (χ4n) is 2.57. The molecule has 2 aromatic rings. The van der Waals surface area contributed by atoms with Gasteiger partial charge in [-0.2, -0.15) is 5.26 Å². The number of hydrogen-bond acceptors (Lipinski definition) is 5. The summed E-state index contributed by atoms with van der Waals surface area (Å²) in [4.78, 5) is 6.95. The Morgan fingerprint density at radius 3 is 2.86 bits per heavy atom. The first-order chi connectivity index (χ1) is 10.3. The third-order valence-electron chi connectivity index (χ3n) is 3.66. The van der Waals surface area contributed by atoms with Crippen molar-refractivity contribution in [3.63, 3.8) is 0 Å². The fraction of sp³-hybridized carbons (Fsp3) is 0.375.